The van der Waals surface area contributed by atoms with Gasteiger partial charge in [-0.1, -0.05) is 72.8 Å². The van der Waals surface area contributed by atoms with Gasteiger partial charge in [-0.25, -0.2) is 9.78 Å². The summed E-state index contributed by atoms with van der Waals surface area (Å²) in [5.74, 6) is -0.355. The fraction of sp³-hybridized carbons (Fsp3) is 0.135. The van der Waals surface area contributed by atoms with Gasteiger partial charge in [0.25, 0.3) is 0 Å². The largest absolute Gasteiger partial charge is 0.439 e. The van der Waals surface area contributed by atoms with E-state index in [1.165, 1.54) is 0 Å². The van der Waals surface area contributed by atoms with Gasteiger partial charge in [0.1, 0.15) is 5.69 Å². The highest BCUT2D eigenvalue weighted by molar-refractivity contribution is 6.02. The van der Waals surface area contributed by atoms with Gasteiger partial charge in [0.15, 0.2) is 0 Å². The maximum atomic E-state index is 14.0. The number of carbonyl (C=O) groups excluding carboxylic acids is 1. The van der Waals surface area contributed by atoms with Crippen LogP contribution in [0.25, 0.3) is 38.6 Å². The SMILES string of the molecule is CCn1c(C)c(C2(c3c(C)c(-c4ccccc4)n4ccccc34)OC(=O)c3cc4ccccc4nc32)c2ccccc21. The van der Waals surface area contributed by atoms with Crippen LogP contribution in [-0.2, 0) is 16.9 Å². The third kappa shape index (κ3) is 3.13. The van der Waals surface area contributed by atoms with Crippen LogP contribution in [0.15, 0.2) is 109 Å². The van der Waals surface area contributed by atoms with Crippen molar-refractivity contribution in [1.29, 1.82) is 0 Å². The van der Waals surface area contributed by atoms with Gasteiger partial charge in [0.2, 0.25) is 5.60 Å². The molecule has 0 N–H and O–H groups in total. The number of pyridine rings is 2. The standard InChI is InChI=1S/C37H29N3O2/c1-4-39-24(3)33(27-17-9-11-19-30(27)39)37(35-28(36(41)42-37)22-26-16-8-10-18-29(26)38-35)32-23(2)34(25-14-6-5-7-15-25)40-21-13-12-20-31(32)40/h5-22H,4H2,1-3H3. The second-order valence-electron chi connectivity index (χ2n) is 11.0. The molecule has 3 aromatic carbocycles. The molecule has 5 nitrogen and oxygen atoms in total. The number of aromatic nitrogens is 3. The van der Waals surface area contributed by atoms with Gasteiger partial charge in [0.05, 0.1) is 22.3 Å². The summed E-state index contributed by atoms with van der Waals surface area (Å²) in [5.41, 5.74) is 9.02. The first-order valence-corrected chi connectivity index (χ1v) is 14.4. The van der Waals surface area contributed by atoms with Crippen LogP contribution < -0.4 is 0 Å². The van der Waals surface area contributed by atoms with Gasteiger partial charge in [0, 0.05) is 45.9 Å². The summed E-state index contributed by atoms with van der Waals surface area (Å²) < 4.78 is 11.4. The first-order valence-electron chi connectivity index (χ1n) is 14.4. The number of para-hydroxylation sites is 2. The summed E-state index contributed by atoms with van der Waals surface area (Å²) in [5, 5.41) is 1.98. The molecular weight excluding hydrogens is 518 g/mol. The summed E-state index contributed by atoms with van der Waals surface area (Å²) in [6, 6.07) is 35.0. The molecule has 5 heteroatoms. The number of hydrogen-bond donors (Lipinski definition) is 0. The highest BCUT2D eigenvalue weighted by atomic mass is 16.6. The Morgan fingerprint density at radius 2 is 1.52 bits per heavy atom. The summed E-state index contributed by atoms with van der Waals surface area (Å²) in [6.07, 6.45) is 2.09. The van der Waals surface area contributed by atoms with Crippen LogP contribution in [0.4, 0.5) is 0 Å². The van der Waals surface area contributed by atoms with E-state index in [0.29, 0.717) is 11.3 Å². The average molecular weight is 548 g/mol. The molecule has 0 fully saturated rings. The van der Waals surface area contributed by atoms with Crippen LogP contribution in [-0.4, -0.2) is 19.9 Å². The normalized spacial score (nSPS) is 16.4. The third-order valence-electron chi connectivity index (χ3n) is 8.91. The molecule has 204 valence electrons. The average Bonchev–Trinajstić information content (AvgIpc) is 3.59. The van der Waals surface area contributed by atoms with E-state index >= 15 is 0 Å². The lowest BCUT2D eigenvalue weighted by molar-refractivity contribution is 0.0249. The number of fused-ring (bicyclic) bond motifs is 4. The van der Waals surface area contributed by atoms with Crippen molar-refractivity contribution in [3.63, 3.8) is 0 Å². The molecule has 1 aliphatic heterocycles. The maximum absolute atomic E-state index is 14.0. The molecule has 0 spiro atoms. The smallest absolute Gasteiger partial charge is 0.341 e. The molecule has 8 rings (SSSR count). The minimum absolute atomic E-state index is 0.355. The Kier molecular flexibility index (Phi) is 5.23. The molecule has 4 aromatic heterocycles. The Bertz CT molecular complexity index is 2210. The number of esters is 1. The van der Waals surface area contributed by atoms with Gasteiger partial charge in [-0.3, -0.25) is 0 Å². The van der Waals surface area contributed by atoms with Crippen molar-refractivity contribution < 1.29 is 9.53 Å². The summed E-state index contributed by atoms with van der Waals surface area (Å²) in [7, 11) is 0. The van der Waals surface area contributed by atoms with Crippen LogP contribution in [0.2, 0.25) is 0 Å². The number of rotatable bonds is 4. The number of ether oxygens (including phenoxy) is 1. The number of hydrogen-bond acceptors (Lipinski definition) is 3. The van der Waals surface area contributed by atoms with E-state index < -0.39 is 5.60 Å². The Balaban J connectivity index is 1.60. The van der Waals surface area contributed by atoms with E-state index in [1.54, 1.807) is 0 Å². The fourth-order valence-corrected chi connectivity index (χ4v) is 7.26. The molecule has 0 aliphatic carbocycles. The minimum atomic E-state index is -1.26. The number of aryl methyl sites for hydroxylation is 1. The van der Waals surface area contributed by atoms with Crippen LogP contribution in [0, 0.1) is 13.8 Å². The molecule has 1 atom stereocenters. The van der Waals surface area contributed by atoms with Gasteiger partial charge < -0.3 is 13.7 Å². The molecule has 42 heavy (non-hydrogen) atoms. The molecule has 0 radical (unpaired) electrons. The molecule has 7 aromatic rings. The number of benzene rings is 3. The molecule has 1 aliphatic rings. The van der Waals surface area contributed by atoms with Crippen LogP contribution >= 0.6 is 0 Å². The lowest BCUT2D eigenvalue weighted by Crippen LogP contribution is -2.32. The Hall–Kier alpha value is -5.16. The Morgan fingerprint density at radius 1 is 0.810 bits per heavy atom. The second kappa shape index (κ2) is 8.92. The summed E-state index contributed by atoms with van der Waals surface area (Å²) in [6.45, 7) is 7.23. The maximum Gasteiger partial charge on any atom is 0.341 e. The monoisotopic (exact) mass is 547 g/mol. The van der Waals surface area contributed by atoms with Crippen molar-refractivity contribution in [3.05, 3.63) is 143 Å². The third-order valence-corrected chi connectivity index (χ3v) is 8.91. The zero-order valence-electron chi connectivity index (χ0n) is 23.8. The van der Waals surface area contributed by atoms with Crippen molar-refractivity contribution >= 4 is 33.3 Å². The fourth-order valence-electron chi connectivity index (χ4n) is 7.26. The van der Waals surface area contributed by atoms with Gasteiger partial charge in [-0.2, -0.15) is 0 Å². The van der Waals surface area contributed by atoms with Crippen molar-refractivity contribution in [3.8, 4) is 11.3 Å². The summed E-state index contributed by atoms with van der Waals surface area (Å²) in [4.78, 5) is 19.3. The molecule has 0 saturated heterocycles. The van der Waals surface area contributed by atoms with Crippen LogP contribution in [0.1, 0.15) is 45.4 Å². The van der Waals surface area contributed by atoms with E-state index in [9.17, 15) is 4.79 Å². The van der Waals surface area contributed by atoms with Crippen LogP contribution in [0.3, 0.4) is 0 Å². The zero-order chi connectivity index (χ0) is 28.6. The lowest BCUT2D eigenvalue weighted by atomic mass is 9.79. The van der Waals surface area contributed by atoms with Crippen molar-refractivity contribution in [2.75, 3.05) is 0 Å². The van der Waals surface area contributed by atoms with Gasteiger partial charge >= 0.3 is 5.97 Å². The first kappa shape index (κ1) is 24.6. The topological polar surface area (TPSA) is 48.5 Å². The number of carbonyl (C=O) groups is 1. The second-order valence-corrected chi connectivity index (χ2v) is 11.0. The highest BCUT2D eigenvalue weighted by Crippen LogP contribution is 2.54. The lowest BCUT2D eigenvalue weighted by Gasteiger charge is -2.30. The molecule has 0 bridgehead atoms. The molecule has 0 amide bonds. The van der Waals surface area contributed by atoms with E-state index in [1.807, 2.05) is 42.5 Å². The molecule has 0 saturated carbocycles. The van der Waals surface area contributed by atoms with Crippen molar-refractivity contribution in [2.45, 2.75) is 32.9 Å². The minimum Gasteiger partial charge on any atom is -0.439 e. The first-order chi connectivity index (χ1) is 20.5. The van der Waals surface area contributed by atoms with E-state index in [0.717, 1.165) is 67.5 Å². The summed E-state index contributed by atoms with van der Waals surface area (Å²) >= 11 is 0. The molecular formula is C37H29N3O2. The Labute approximate surface area is 243 Å². The number of cyclic esters (lactones) is 1. The predicted molar refractivity (Wildman–Crippen MR) is 167 cm³/mol. The van der Waals surface area contributed by atoms with E-state index in [4.69, 9.17) is 9.72 Å². The quantitative estimate of drug-likeness (QED) is 0.209. The molecule has 1 unspecified atom stereocenters. The Morgan fingerprint density at radius 3 is 2.36 bits per heavy atom. The van der Waals surface area contributed by atoms with Crippen molar-refractivity contribution in [1.82, 2.24) is 14.0 Å². The molecule has 5 heterocycles. The van der Waals surface area contributed by atoms with E-state index in [2.05, 4.69) is 96.6 Å². The zero-order valence-corrected chi connectivity index (χ0v) is 23.8. The van der Waals surface area contributed by atoms with Gasteiger partial charge in [-0.05, 0) is 62.2 Å². The van der Waals surface area contributed by atoms with Crippen molar-refractivity contribution in [2.24, 2.45) is 0 Å². The van der Waals surface area contributed by atoms with Gasteiger partial charge in [-0.15, -0.1) is 0 Å². The highest BCUT2D eigenvalue weighted by Gasteiger charge is 2.55. The predicted octanol–water partition coefficient (Wildman–Crippen LogP) is 8.21. The number of nitrogens with zero attached hydrogens (tertiary/aromatic N) is 3. The van der Waals surface area contributed by atoms with Crippen LogP contribution in [0.5, 0.6) is 0 Å². The van der Waals surface area contributed by atoms with E-state index in [-0.39, 0.29) is 5.97 Å².